The number of amides is 2. The van der Waals surface area contributed by atoms with Crippen LogP contribution in [0, 0.1) is 11.6 Å². The maximum atomic E-state index is 13.7. The first kappa shape index (κ1) is 19.2. The van der Waals surface area contributed by atoms with Crippen LogP contribution >= 0.6 is 0 Å². The molecule has 3 aromatic rings. The Bertz CT molecular complexity index is 1000. The Morgan fingerprint density at radius 1 is 0.929 bits per heavy atom. The molecule has 28 heavy (non-hydrogen) atoms. The molecule has 2 amide bonds. The summed E-state index contributed by atoms with van der Waals surface area (Å²) in [7, 11) is 0. The monoisotopic (exact) mass is 381 g/mol. The van der Waals surface area contributed by atoms with Gasteiger partial charge in [0.25, 0.3) is 11.8 Å². The predicted octanol–water partition coefficient (Wildman–Crippen LogP) is 4.43. The number of para-hydroxylation sites is 1. The number of carbonyl (C=O) groups is 2. The van der Waals surface area contributed by atoms with E-state index in [0.29, 0.717) is 5.69 Å². The maximum absolute atomic E-state index is 13.7. The van der Waals surface area contributed by atoms with E-state index in [1.54, 1.807) is 12.1 Å². The first-order valence-electron chi connectivity index (χ1n) is 8.59. The summed E-state index contributed by atoms with van der Waals surface area (Å²) in [6.07, 6.45) is 2.17. The van der Waals surface area contributed by atoms with E-state index in [1.165, 1.54) is 24.4 Å². The molecule has 0 aliphatic carbocycles. The van der Waals surface area contributed by atoms with E-state index in [4.69, 9.17) is 0 Å². The number of rotatable bonds is 5. The number of hydrogen-bond acceptors (Lipinski definition) is 3. The van der Waals surface area contributed by atoms with Crippen LogP contribution in [-0.2, 0) is 6.42 Å². The SMILES string of the molecule is CCc1ccc(NC(=O)c2ccnc(C(=O)Nc3c(F)cccc3F)c2)cc1. The van der Waals surface area contributed by atoms with Crippen LogP contribution in [0.1, 0.15) is 33.3 Å². The van der Waals surface area contributed by atoms with Gasteiger partial charge in [0.1, 0.15) is 23.0 Å². The molecule has 0 radical (unpaired) electrons. The van der Waals surface area contributed by atoms with Crippen LogP contribution in [0.3, 0.4) is 0 Å². The Hall–Kier alpha value is -3.61. The highest BCUT2D eigenvalue weighted by molar-refractivity contribution is 6.07. The van der Waals surface area contributed by atoms with Gasteiger partial charge in [-0.3, -0.25) is 14.6 Å². The number of nitrogens with zero attached hydrogens (tertiary/aromatic N) is 1. The third-order valence-corrected chi connectivity index (χ3v) is 4.08. The van der Waals surface area contributed by atoms with E-state index in [-0.39, 0.29) is 11.3 Å². The molecule has 0 unspecified atom stereocenters. The first-order chi connectivity index (χ1) is 13.5. The zero-order valence-corrected chi connectivity index (χ0v) is 15.0. The minimum atomic E-state index is -0.905. The quantitative estimate of drug-likeness (QED) is 0.687. The van der Waals surface area contributed by atoms with Crippen LogP contribution in [-0.4, -0.2) is 16.8 Å². The van der Waals surface area contributed by atoms with E-state index >= 15 is 0 Å². The molecule has 0 saturated heterocycles. The maximum Gasteiger partial charge on any atom is 0.274 e. The fourth-order valence-electron chi connectivity index (χ4n) is 2.52. The van der Waals surface area contributed by atoms with Gasteiger partial charge in [-0.1, -0.05) is 25.1 Å². The molecule has 0 bridgehead atoms. The van der Waals surface area contributed by atoms with E-state index < -0.39 is 29.1 Å². The van der Waals surface area contributed by atoms with Crippen LogP contribution in [0.15, 0.2) is 60.8 Å². The van der Waals surface area contributed by atoms with Crippen molar-refractivity contribution >= 4 is 23.2 Å². The zero-order chi connectivity index (χ0) is 20.1. The van der Waals surface area contributed by atoms with Crippen molar-refractivity contribution in [2.24, 2.45) is 0 Å². The third-order valence-electron chi connectivity index (χ3n) is 4.08. The average Bonchev–Trinajstić information content (AvgIpc) is 2.71. The number of carbonyl (C=O) groups excluding carboxylic acids is 2. The molecule has 0 aliphatic heterocycles. The van der Waals surface area contributed by atoms with E-state index in [0.717, 1.165) is 24.1 Å². The fraction of sp³-hybridized carbons (Fsp3) is 0.0952. The molecule has 1 heterocycles. The van der Waals surface area contributed by atoms with Crippen molar-refractivity contribution in [3.05, 3.63) is 89.2 Å². The Labute approximate surface area is 160 Å². The Balaban J connectivity index is 1.75. The summed E-state index contributed by atoms with van der Waals surface area (Å²) >= 11 is 0. The lowest BCUT2D eigenvalue weighted by Gasteiger charge is -2.09. The summed E-state index contributed by atoms with van der Waals surface area (Å²) in [4.78, 5) is 28.6. The summed E-state index contributed by atoms with van der Waals surface area (Å²) < 4.78 is 27.4. The van der Waals surface area contributed by atoms with E-state index in [2.05, 4.69) is 15.6 Å². The van der Waals surface area contributed by atoms with Crippen molar-refractivity contribution in [1.29, 1.82) is 0 Å². The topological polar surface area (TPSA) is 71.1 Å². The third kappa shape index (κ3) is 4.37. The van der Waals surface area contributed by atoms with Crippen molar-refractivity contribution in [3.63, 3.8) is 0 Å². The number of aromatic nitrogens is 1. The molecule has 2 aromatic carbocycles. The number of aryl methyl sites for hydroxylation is 1. The highest BCUT2D eigenvalue weighted by atomic mass is 19.1. The lowest BCUT2D eigenvalue weighted by Crippen LogP contribution is -2.18. The van der Waals surface area contributed by atoms with Crippen LogP contribution in [0.5, 0.6) is 0 Å². The number of pyridine rings is 1. The summed E-state index contributed by atoms with van der Waals surface area (Å²) in [6, 6.07) is 13.3. The Morgan fingerprint density at radius 2 is 1.61 bits per heavy atom. The smallest absolute Gasteiger partial charge is 0.274 e. The van der Waals surface area contributed by atoms with Crippen molar-refractivity contribution in [1.82, 2.24) is 4.98 Å². The molecule has 0 aliphatic rings. The van der Waals surface area contributed by atoms with Crippen LogP contribution < -0.4 is 10.6 Å². The van der Waals surface area contributed by atoms with Gasteiger partial charge in [0.2, 0.25) is 0 Å². The molecule has 3 rings (SSSR count). The number of anilines is 2. The summed E-state index contributed by atoms with van der Waals surface area (Å²) in [6.45, 7) is 2.03. The molecule has 2 N–H and O–H groups in total. The minimum Gasteiger partial charge on any atom is -0.322 e. The van der Waals surface area contributed by atoms with Crippen molar-refractivity contribution in [2.45, 2.75) is 13.3 Å². The standard InChI is InChI=1S/C21H17F2N3O2/c1-2-13-6-8-15(9-7-13)25-20(27)14-10-11-24-18(12-14)21(28)26-19-16(22)4-3-5-17(19)23/h3-12H,2H2,1H3,(H,25,27)(H,26,28). The van der Waals surface area contributed by atoms with Gasteiger partial charge in [0, 0.05) is 17.4 Å². The fourth-order valence-corrected chi connectivity index (χ4v) is 2.52. The van der Waals surface area contributed by atoms with Gasteiger partial charge in [-0.25, -0.2) is 8.78 Å². The Morgan fingerprint density at radius 3 is 2.25 bits per heavy atom. The van der Waals surface area contributed by atoms with Crippen LogP contribution in [0.25, 0.3) is 0 Å². The summed E-state index contributed by atoms with van der Waals surface area (Å²) in [5, 5.41) is 4.87. The molecule has 7 heteroatoms. The average molecular weight is 381 g/mol. The second-order valence-corrected chi connectivity index (χ2v) is 5.99. The number of benzene rings is 2. The summed E-state index contributed by atoms with van der Waals surface area (Å²) in [5.74, 6) is -3.07. The van der Waals surface area contributed by atoms with Gasteiger partial charge >= 0.3 is 0 Å². The van der Waals surface area contributed by atoms with Crippen LogP contribution in [0.4, 0.5) is 20.2 Å². The lowest BCUT2D eigenvalue weighted by molar-refractivity contribution is 0.102. The van der Waals surface area contributed by atoms with Gasteiger partial charge in [0.05, 0.1) is 0 Å². The second kappa shape index (κ2) is 8.39. The van der Waals surface area contributed by atoms with Gasteiger partial charge in [-0.15, -0.1) is 0 Å². The lowest BCUT2D eigenvalue weighted by atomic mass is 10.1. The summed E-state index contributed by atoms with van der Waals surface area (Å²) in [5.41, 5.74) is 1.23. The molecule has 0 fully saturated rings. The molecule has 0 spiro atoms. The number of halogens is 2. The molecule has 142 valence electrons. The van der Waals surface area contributed by atoms with Crippen molar-refractivity contribution < 1.29 is 18.4 Å². The van der Waals surface area contributed by atoms with Crippen molar-refractivity contribution in [2.75, 3.05) is 10.6 Å². The molecular formula is C21H17F2N3O2. The Kier molecular flexibility index (Phi) is 5.74. The van der Waals surface area contributed by atoms with E-state index in [9.17, 15) is 18.4 Å². The first-order valence-corrected chi connectivity index (χ1v) is 8.59. The zero-order valence-electron chi connectivity index (χ0n) is 15.0. The predicted molar refractivity (Wildman–Crippen MR) is 102 cm³/mol. The highest BCUT2D eigenvalue weighted by Gasteiger charge is 2.16. The van der Waals surface area contributed by atoms with Gasteiger partial charge < -0.3 is 10.6 Å². The molecule has 1 aromatic heterocycles. The second-order valence-electron chi connectivity index (χ2n) is 5.99. The number of hydrogen-bond donors (Lipinski definition) is 2. The molecular weight excluding hydrogens is 364 g/mol. The molecule has 0 saturated carbocycles. The number of nitrogens with one attached hydrogen (secondary N) is 2. The normalized spacial score (nSPS) is 10.4. The molecule has 0 atom stereocenters. The molecule has 5 nitrogen and oxygen atoms in total. The minimum absolute atomic E-state index is 0.142. The van der Waals surface area contributed by atoms with Gasteiger partial charge in [0.15, 0.2) is 0 Å². The van der Waals surface area contributed by atoms with Crippen LogP contribution in [0.2, 0.25) is 0 Å². The largest absolute Gasteiger partial charge is 0.322 e. The van der Waals surface area contributed by atoms with Gasteiger partial charge in [-0.2, -0.15) is 0 Å². The van der Waals surface area contributed by atoms with E-state index in [1.807, 2.05) is 19.1 Å². The van der Waals surface area contributed by atoms with Gasteiger partial charge in [-0.05, 0) is 48.4 Å². The van der Waals surface area contributed by atoms with Crippen molar-refractivity contribution in [3.8, 4) is 0 Å². The highest BCUT2D eigenvalue weighted by Crippen LogP contribution is 2.19.